The van der Waals surface area contributed by atoms with Gasteiger partial charge in [0.05, 0.1) is 28.4 Å². The highest BCUT2D eigenvalue weighted by Crippen LogP contribution is 2.57. The lowest BCUT2D eigenvalue weighted by Gasteiger charge is -2.36. The van der Waals surface area contributed by atoms with Gasteiger partial charge in [0.1, 0.15) is 23.4 Å². The number of aryl methyl sites for hydroxylation is 1. The average molecular weight is 1410 g/mol. The van der Waals surface area contributed by atoms with Crippen LogP contribution >= 0.6 is 0 Å². The van der Waals surface area contributed by atoms with Gasteiger partial charge in [-0.15, -0.1) is 0 Å². The molecule has 0 saturated heterocycles. The normalized spacial score (nSPS) is 13.9. The maximum Gasteiger partial charge on any atom is 0.159 e. The summed E-state index contributed by atoms with van der Waals surface area (Å²) in [6, 6.07) is 118. The van der Waals surface area contributed by atoms with Crippen LogP contribution in [0.5, 0.6) is 0 Å². The standard InChI is InChI=1S/C103H71N5O2/c1-63-42-46-76-72(52-63)61-106(89-40-18-17-35-81(76)89)91-60-97-99(86-39-20-41-90(102(86)110-97)108(93-55-69-27-7-12-31-75(69)80-34-15-16-36-82(80)93)94-56-70-28-9-14-33-79(70)98-78(37-19-38-84(94)98)65-23-3-2-4-24-65)100-88(91)59-95(85-48-47-83-87-58-74(105-51-21-50-104-62-105)45-49-96(87)109-103(83)101(85)100)107(73-29-10-11-30-73)92-57-71(54-68-26-8-13-32-77(68)92)67-44-43-64-22-5-6-25-66(64)53-67/h2-9,12-28,31-60,73H,10-11,29-30,61-62H2,1H3. The van der Waals surface area contributed by atoms with Gasteiger partial charge >= 0.3 is 0 Å². The molecular formula is C103H71N5O2. The van der Waals surface area contributed by atoms with Gasteiger partial charge in [-0.3, -0.25) is 4.99 Å². The first-order chi connectivity index (χ1) is 54.5. The zero-order chi connectivity index (χ0) is 72.2. The first kappa shape index (κ1) is 62.4. The molecule has 1 saturated carbocycles. The van der Waals surface area contributed by atoms with Crippen LogP contribution in [0.1, 0.15) is 36.8 Å². The van der Waals surface area contributed by atoms with E-state index in [1.54, 1.807) is 0 Å². The van der Waals surface area contributed by atoms with Crippen molar-refractivity contribution in [3.8, 4) is 33.4 Å². The van der Waals surface area contributed by atoms with Crippen LogP contribution in [-0.2, 0) is 6.54 Å². The van der Waals surface area contributed by atoms with Crippen molar-refractivity contribution < 1.29 is 8.83 Å². The number of allylic oxidation sites excluding steroid dienone is 1. The lowest BCUT2D eigenvalue weighted by molar-refractivity contribution is 0.669. The summed E-state index contributed by atoms with van der Waals surface area (Å²) in [7, 11) is 0. The molecule has 0 bridgehead atoms. The Morgan fingerprint density at radius 1 is 0.355 bits per heavy atom. The van der Waals surface area contributed by atoms with Gasteiger partial charge in [0, 0.05) is 113 Å². The Morgan fingerprint density at radius 3 is 1.85 bits per heavy atom. The van der Waals surface area contributed by atoms with E-state index < -0.39 is 0 Å². The highest BCUT2D eigenvalue weighted by atomic mass is 16.3. The van der Waals surface area contributed by atoms with Crippen LogP contribution in [0.3, 0.4) is 0 Å². The second kappa shape index (κ2) is 24.7. The summed E-state index contributed by atoms with van der Waals surface area (Å²) in [5.74, 6) is 0. The summed E-state index contributed by atoms with van der Waals surface area (Å²) in [5.41, 5.74) is 21.5. The second-order valence-electron chi connectivity index (χ2n) is 30.3. The van der Waals surface area contributed by atoms with Gasteiger partial charge in [0.25, 0.3) is 0 Å². The zero-order valence-corrected chi connectivity index (χ0v) is 60.6. The topological polar surface area (TPSA) is 51.6 Å². The summed E-state index contributed by atoms with van der Waals surface area (Å²) in [5, 5.41) is 22.6. The van der Waals surface area contributed by atoms with Crippen LogP contribution in [0.2, 0.25) is 0 Å². The lowest BCUT2D eigenvalue weighted by atomic mass is 9.89. The van der Waals surface area contributed by atoms with Gasteiger partial charge in [-0.1, -0.05) is 255 Å². The SMILES string of the molecule is Cc1ccc2c(c1)CN(c1cc3oc4c(N(c5cc6ccccc6c6ccccc56)c5cc6ccccc6c6c(-c7ccccc7)cccc56)cccc4c3c3c1cc(N(c1cc(-c4ccc5ccccc5c4)cc4ccccc14)C1CCCC1)c1ccc4c5cc(N6C=CC=NC6)ccc5oc4c13)c1ccccc1-2. The van der Waals surface area contributed by atoms with Gasteiger partial charge in [0.15, 0.2) is 5.58 Å². The van der Waals surface area contributed by atoms with Crippen molar-refractivity contribution in [1.29, 1.82) is 0 Å². The molecule has 23 rings (SSSR count). The highest BCUT2D eigenvalue weighted by Gasteiger charge is 2.35. The molecule has 4 heterocycles. The molecule has 0 atom stereocenters. The van der Waals surface area contributed by atoms with Gasteiger partial charge in [-0.25, -0.2) is 0 Å². The smallest absolute Gasteiger partial charge is 0.159 e. The van der Waals surface area contributed by atoms with E-state index >= 15 is 0 Å². The lowest BCUT2D eigenvalue weighted by Crippen LogP contribution is -2.29. The minimum atomic E-state index is 0.169. The van der Waals surface area contributed by atoms with Crippen molar-refractivity contribution in [1.82, 2.24) is 0 Å². The van der Waals surface area contributed by atoms with Crippen LogP contribution in [-0.4, -0.2) is 18.9 Å². The predicted octanol–water partition coefficient (Wildman–Crippen LogP) is 28.6. The second-order valence-corrected chi connectivity index (χ2v) is 30.3. The Balaban J connectivity index is 0.880. The van der Waals surface area contributed by atoms with Crippen LogP contribution < -0.4 is 19.6 Å². The number of furan rings is 2. The van der Waals surface area contributed by atoms with Crippen molar-refractivity contribution in [3.05, 3.63) is 339 Å². The molecule has 1 fully saturated rings. The fourth-order valence-electron chi connectivity index (χ4n) is 19.2. The minimum absolute atomic E-state index is 0.169. The maximum atomic E-state index is 8.14. The molecule has 110 heavy (non-hydrogen) atoms. The molecule has 0 unspecified atom stereocenters. The van der Waals surface area contributed by atoms with E-state index in [1.165, 1.54) is 87.7 Å². The van der Waals surface area contributed by atoms with E-state index in [-0.39, 0.29) is 6.04 Å². The number of aliphatic imine (C=N–C) groups is 1. The molecule has 20 aromatic rings. The van der Waals surface area contributed by atoms with E-state index in [0.717, 1.165) is 158 Å². The maximum absolute atomic E-state index is 8.14. The Hall–Kier alpha value is -13.8. The molecule has 0 radical (unpaired) electrons. The van der Waals surface area contributed by atoms with Gasteiger partial charge in [-0.05, 0) is 180 Å². The molecule has 0 amide bonds. The van der Waals surface area contributed by atoms with Crippen molar-refractivity contribution in [2.24, 2.45) is 4.99 Å². The van der Waals surface area contributed by atoms with E-state index in [4.69, 9.17) is 13.8 Å². The van der Waals surface area contributed by atoms with Gasteiger partial charge in [0.2, 0.25) is 0 Å². The molecule has 1 aliphatic carbocycles. The third kappa shape index (κ3) is 9.66. The summed E-state index contributed by atoms with van der Waals surface area (Å²) in [6.07, 6.45) is 10.4. The molecule has 0 spiro atoms. The van der Waals surface area contributed by atoms with Crippen molar-refractivity contribution >= 4 is 182 Å². The monoisotopic (exact) mass is 1410 g/mol. The average Bonchev–Trinajstić information content (AvgIpc) is 1.46. The molecule has 7 nitrogen and oxygen atoms in total. The molecular weight excluding hydrogens is 1340 g/mol. The molecule has 2 aromatic heterocycles. The number of fused-ring (bicyclic) bond motifs is 22. The Bertz CT molecular complexity index is 7360. The van der Waals surface area contributed by atoms with Crippen LogP contribution in [0.15, 0.2) is 342 Å². The third-order valence-corrected chi connectivity index (χ3v) is 24.2. The quantitative estimate of drug-likeness (QED) is 0.127. The predicted molar refractivity (Wildman–Crippen MR) is 465 cm³/mol. The molecule has 18 aromatic carbocycles. The number of hydrogen-bond donors (Lipinski definition) is 0. The minimum Gasteiger partial charge on any atom is -0.455 e. The number of anilines is 8. The molecule has 520 valence electrons. The summed E-state index contributed by atoms with van der Waals surface area (Å²) < 4.78 is 15.9. The number of rotatable bonds is 10. The van der Waals surface area contributed by atoms with Crippen LogP contribution in [0, 0.1) is 6.92 Å². The first-order valence-electron chi connectivity index (χ1n) is 38.6. The number of nitrogens with zero attached hydrogens (tertiary/aromatic N) is 5. The number of hydrogen-bond acceptors (Lipinski definition) is 7. The largest absolute Gasteiger partial charge is 0.455 e. The third-order valence-electron chi connectivity index (χ3n) is 24.2. The van der Waals surface area contributed by atoms with E-state index in [1.807, 2.05) is 12.3 Å². The van der Waals surface area contributed by atoms with Crippen LogP contribution in [0.4, 0.5) is 45.5 Å². The Kier molecular flexibility index (Phi) is 14.0. The molecule has 3 aliphatic rings. The fraction of sp³-hybridized carbons (Fsp3) is 0.0777. The summed E-state index contributed by atoms with van der Waals surface area (Å²) >= 11 is 0. The Labute approximate surface area is 635 Å². The number of benzene rings is 18. The van der Waals surface area contributed by atoms with Crippen LogP contribution in [0.25, 0.3) is 163 Å². The zero-order valence-electron chi connectivity index (χ0n) is 60.6. The van der Waals surface area contributed by atoms with Crippen molar-refractivity contribution in [3.63, 3.8) is 0 Å². The van der Waals surface area contributed by atoms with E-state index in [9.17, 15) is 0 Å². The summed E-state index contributed by atoms with van der Waals surface area (Å²) in [4.78, 5) is 14.8. The Morgan fingerprint density at radius 2 is 1.01 bits per heavy atom. The summed E-state index contributed by atoms with van der Waals surface area (Å²) in [6.45, 7) is 3.38. The van der Waals surface area contributed by atoms with Gasteiger partial charge < -0.3 is 28.4 Å². The molecule has 0 N–H and O–H groups in total. The van der Waals surface area contributed by atoms with Crippen molar-refractivity contribution in [2.45, 2.75) is 45.2 Å². The highest BCUT2D eigenvalue weighted by molar-refractivity contribution is 6.37. The molecule has 7 heteroatoms. The number of para-hydroxylation sites is 2. The van der Waals surface area contributed by atoms with E-state index in [0.29, 0.717) is 13.2 Å². The van der Waals surface area contributed by atoms with Crippen molar-refractivity contribution in [2.75, 3.05) is 26.3 Å². The van der Waals surface area contributed by atoms with E-state index in [2.05, 4.69) is 348 Å². The fourth-order valence-corrected chi connectivity index (χ4v) is 19.2. The molecule has 2 aliphatic heterocycles. The van der Waals surface area contributed by atoms with Gasteiger partial charge in [-0.2, -0.15) is 0 Å². The first-order valence-corrected chi connectivity index (χ1v) is 38.6.